The first kappa shape index (κ1) is 14.6. The number of aliphatic hydroxyl groups is 2. The molecule has 0 saturated heterocycles. The summed E-state index contributed by atoms with van der Waals surface area (Å²) in [5, 5.41) is 28.0. The van der Waals surface area contributed by atoms with Crippen LogP contribution in [0.3, 0.4) is 0 Å². The van der Waals surface area contributed by atoms with E-state index in [1.807, 2.05) is 0 Å². The van der Waals surface area contributed by atoms with Gasteiger partial charge in [0, 0.05) is 0 Å². The van der Waals surface area contributed by atoms with Crippen molar-refractivity contribution < 1.29 is 19.7 Å². The number of hydrogen-bond acceptors (Lipinski definition) is 5. The minimum Gasteiger partial charge on any atom is -0.508 e. The van der Waals surface area contributed by atoms with Crippen molar-refractivity contribution in [2.45, 2.75) is 0 Å². The zero-order chi connectivity index (χ0) is 15.4. The molecule has 0 unspecified atom stereocenters. The Morgan fingerprint density at radius 3 is 2.52 bits per heavy atom. The van der Waals surface area contributed by atoms with E-state index in [2.05, 4.69) is 6.58 Å². The van der Waals surface area contributed by atoms with E-state index in [9.17, 15) is 15.0 Å². The van der Waals surface area contributed by atoms with Crippen LogP contribution in [0.4, 0.5) is 0 Å². The molecule has 1 heterocycles. The number of phenolic OH excluding ortho intramolecular Hbond substituents is 1. The fourth-order valence-electron chi connectivity index (χ4n) is 1.90. The maximum atomic E-state index is 12.5. The molecule has 0 spiro atoms. The van der Waals surface area contributed by atoms with E-state index in [1.165, 1.54) is 24.5 Å². The molecule has 0 atom stereocenters. The molecule has 5 heteroatoms. The molecular weight excluding hydrogens is 272 g/mol. The summed E-state index contributed by atoms with van der Waals surface area (Å²) < 4.78 is 5.31. The van der Waals surface area contributed by atoms with Crippen LogP contribution in [0.5, 0.6) is 5.75 Å². The summed E-state index contributed by atoms with van der Waals surface area (Å²) in [7, 11) is 0. The molecule has 0 aliphatic heterocycles. The van der Waals surface area contributed by atoms with Crippen LogP contribution in [0.25, 0.3) is 23.0 Å². The van der Waals surface area contributed by atoms with Crippen molar-refractivity contribution in [2.24, 2.45) is 0 Å². The third kappa shape index (κ3) is 2.88. The van der Waals surface area contributed by atoms with Gasteiger partial charge in [0.15, 0.2) is 0 Å². The Balaban J connectivity index is 2.68. The van der Waals surface area contributed by atoms with E-state index >= 15 is 0 Å². The number of phenols is 1. The molecule has 21 heavy (non-hydrogen) atoms. The zero-order valence-corrected chi connectivity index (χ0v) is 11.1. The van der Waals surface area contributed by atoms with Gasteiger partial charge in [-0.25, -0.2) is 0 Å². The van der Waals surface area contributed by atoms with Crippen LogP contribution < -0.4 is 5.43 Å². The van der Waals surface area contributed by atoms with Gasteiger partial charge in [-0.3, -0.25) is 4.79 Å². The van der Waals surface area contributed by atoms with Crippen molar-refractivity contribution in [3.8, 4) is 16.9 Å². The Bertz CT molecular complexity index is 738. The lowest BCUT2D eigenvalue weighted by Crippen LogP contribution is -2.12. The molecule has 2 aromatic rings. The van der Waals surface area contributed by atoms with Crippen LogP contribution in [0.15, 0.2) is 52.4 Å². The maximum absolute atomic E-state index is 12.5. The molecule has 0 fully saturated rings. The molecule has 2 rings (SSSR count). The lowest BCUT2D eigenvalue weighted by molar-refractivity contribution is 0.339. The average Bonchev–Trinajstić information content (AvgIpc) is 2.48. The highest BCUT2D eigenvalue weighted by atomic mass is 16.3. The third-order valence-corrected chi connectivity index (χ3v) is 2.93. The van der Waals surface area contributed by atoms with Crippen molar-refractivity contribution >= 4 is 11.8 Å². The number of aromatic hydroxyl groups is 1. The summed E-state index contributed by atoms with van der Waals surface area (Å²) >= 11 is 0. The molecule has 5 nitrogen and oxygen atoms in total. The molecule has 3 N–H and O–H groups in total. The van der Waals surface area contributed by atoms with E-state index in [4.69, 9.17) is 9.52 Å². The topological polar surface area (TPSA) is 90.9 Å². The van der Waals surface area contributed by atoms with Crippen LogP contribution >= 0.6 is 0 Å². The van der Waals surface area contributed by atoms with Gasteiger partial charge < -0.3 is 19.7 Å². The normalized spacial score (nSPS) is 11.4. The van der Waals surface area contributed by atoms with Gasteiger partial charge in [-0.15, -0.1) is 0 Å². The minimum atomic E-state index is -0.455. The van der Waals surface area contributed by atoms with E-state index in [0.717, 1.165) is 6.08 Å². The second kappa shape index (κ2) is 6.11. The van der Waals surface area contributed by atoms with Gasteiger partial charge in [0.05, 0.1) is 12.2 Å². The molecule has 108 valence electrons. The standard InChI is InChI=1S/C16H14O5/c1-2-14-15(13(19)7-8-17)16(20)12(9-21-14)10-3-5-11(18)6-4-10/h2-7,9,17-19H,1,8H2/b13-7+. The van der Waals surface area contributed by atoms with Crippen molar-refractivity contribution in [3.05, 3.63) is 64.7 Å². The summed E-state index contributed by atoms with van der Waals surface area (Å²) in [5.74, 6) is -0.180. The molecule has 0 aliphatic rings. The summed E-state index contributed by atoms with van der Waals surface area (Å²) in [6.45, 7) is 3.11. The molecule has 0 bridgehead atoms. The van der Waals surface area contributed by atoms with E-state index < -0.39 is 12.0 Å². The van der Waals surface area contributed by atoms with Crippen molar-refractivity contribution in [1.82, 2.24) is 0 Å². The summed E-state index contributed by atoms with van der Waals surface area (Å²) in [5.41, 5.74) is 0.248. The predicted molar refractivity (Wildman–Crippen MR) is 79.9 cm³/mol. The Labute approximate surface area is 120 Å². The Hall–Kier alpha value is -2.79. The van der Waals surface area contributed by atoms with Crippen LogP contribution in [0.1, 0.15) is 11.3 Å². The highest BCUT2D eigenvalue weighted by Gasteiger charge is 2.16. The maximum Gasteiger partial charge on any atom is 0.204 e. The highest BCUT2D eigenvalue weighted by Crippen LogP contribution is 2.23. The average molecular weight is 286 g/mol. The molecular formula is C16H14O5. The van der Waals surface area contributed by atoms with Crippen molar-refractivity contribution in [1.29, 1.82) is 0 Å². The first-order valence-electron chi connectivity index (χ1n) is 6.16. The summed E-state index contributed by atoms with van der Waals surface area (Å²) in [6.07, 6.45) is 3.67. The monoisotopic (exact) mass is 286 g/mol. The van der Waals surface area contributed by atoms with Crippen LogP contribution in [0, 0.1) is 0 Å². The minimum absolute atomic E-state index is 0.0652. The van der Waals surface area contributed by atoms with Crippen molar-refractivity contribution in [2.75, 3.05) is 6.61 Å². The SMILES string of the molecule is C=Cc1occ(-c2ccc(O)cc2)c(=O)c1/C(O)=C\CO. The largest absolute Gasteiger partial charge is 0.508 e. The summed E-state index contributed by atoms with van der Waals surface area (Å²) in [4.78, 5) is 12.5. The fraction of sp³-hybridized carbons (Fsp3) is 0.0625. The number of rotatable bonds is 4. The lowest BCUT2D eigenvalue weighted by atomic mass is 10.0. The van der Waals surface area contributed by atoms with Gasteiger partial charge >= 0.3 is 0 Å². The molecule has 1 aromatic heterocycles. The van der Waals surface area contributed by atoms with Crippen LogP contribution in [0.2, 0.25) is 0 Å². The number of aliphatic hydroxyl groups excluding tert-OH is 2. The number of hydrogen-bond donors (Lipinski definition) is 3. The van der Waals surface area contributed by atoms with E-state index in [1.54, 1.807) is 12.1 Å². The van der Waals surface area contributed by atoms with Gasteiger partial charge in [0.1, 0.15) is 29.1 Å². The van der Waals surface area contributed by atoms with Crippen LogP contribution in [-0.2, 0) is 0 Å². The molecule has 1 aromatic carbocycles. The first-order valence-corrected chi connectivity index (χ1v) is 6.16. The highest BCUT2D eigenvalue weighted by molar-refractivity contribution is 5.72. The van der Waals surface area contributed by atoms with Gasteiger partial charge in [-0.1, -0.05) is 18.7 Å². The first-order chi connectivity index (χ1) is 10.1. The van der Waals surface area contributed by atoms with Crippen molar-refractivity contribution in [3.63, 3.8) is 0 Å². The quantitative estimate of drug-likeness (QED) is 0.751. The number of benzene rings is 1. The molecule has 0 aliphatic carbocycles. The third-order valence-electron chi connectivity index (χ3n) is 2.93. The molecule has 0 radical (unpaired) electrons. The molecule has 0 saturated carbocycles. The Morgan fingerprint density at radius 1 is 1.29 bits per heavy atom. The second-order valence-corrected chi connectivity index (χ2v) is 4.24. The van der Waals surface area contributed by atoms with Gasteiger partial charge in [0.25, 0.3) is 0 Å². The second-order valence-electron chi connectivity index (χ2n) is 4.24. The zero-order valence-electron chi connectivity index (χ0n) is 11.1. The Kier molecular flexibility index (Phi) is 4.25. The van der Waals surface area contributed by atoms with Gasteiger partial charge in [-0.2, -0.15) is 0 Å². The molecule has 0 amide bonds. The summed E-state index contributed by atoms with van der Waals surface area (Å²) in [6, 6.07) is 6.01. The Morgan fingerprint density at radius 2 is 1.95 bits per heavy atom. The van der Waals surface area contributed by atoms with Gasteiger partial charge in [-0.05, 0) is 29.8 Å². The van der Waals surface area contributed by atoms with Gasteiger partial charge in [0.2, 0.25) is 5.43 Å². The smallest absolute Gasteiger partial charge is 0.204 e. The fourth-order valence-corrected chi connectivity index (χ4v) is 1.90. The van der Waals surface area contributed by atoms with Crippen LogP contribution in [-0.4, -0.2) is 21.9 Å². The predicted octanol–water partition coefficient (Wildman–Crippen LogP) is 2.55. The van der Waals surface area contributed by atoms with E-state index in [-0.39, 0.29) is 28.4 Å². The lowest BCUT2D eigenvalue weighted by Gasteiger charge is -2.07. The van der Waals surface area contributed by atoms with E-state index in [0.29, 0.717) is 5.56 Å².